The minimum atomic E-state index is -0.465. The van der Waals surface area contributed by atoms with E-state index in [1.807, 2.05) is 0 Å². The highest BCUT2D eigenvalue weighted by Crippen LogP contribution is 2.27. The SMILES string of the molecule is NCCCn1c(=O)ccn(CC(=O)NCC2CC2)c1=O. The van der Waals surface area contributed by atoms with E-state index >= 15 is 0 Å². The number of carbonyl (C=O) groups excluding carboxylic acids is 1. The quantitative estimate of drug-likeness (QED) is 0.661. The molecule has 0 radical (unpaired) electrons. The van der Waals surface area contributed by atoms with Crippen LogP contribution in [0, 0.1) is 5.92 Å². The predicted molar refractivity (Wildman–Crippen MR) is 74.4 cm³/mol. The molecule has 110 valence electrons. The van der Waals surface area contributed by atoms with E-state index in [0.29, 0.717) is 25.4 Å². The van der Waals surface area contributed by atoms with Crippen molar-refractivity contribution in [2.24, 2.45) is 11.7 Å². The van der Waals surface area contributed by atoms with Crippen molar-refractivity contribution in [2.75, 3.05) is 13.1 Å². The number of nitrogens with two attached hydrogens (primary N) is 1. The lowest BCUT2D eigenvalue weighted by atomic mass is 10.4. The highest BCUT2D eigenvalue weighted by atomic mass is 16.2. The van der Waals surface area contributed by atoms with Crippen molar-refractivity contribution < 1.29 is 4.79 Å². The topological polar surface area (TPSA) is 99.1 Å². The van der Waals surface area contributed by atoms with Gasteiger partial charge in [0.05, 0.1) is 0 Å². The van der Waals surface area contributed by atoms with Gasteiger partial charge in [-0.05, 0) is 31.7 Å². The van der Waals surface area contributed by atoms with Gasteiger partial charge in [0, 0.05) is 25.4 Å². The Balaban J connectivity index is 2.04. The Hall–Kier alpha value is -1.89. The van der Waals surface area contributed by atoms with Gasteiger partial charge in [-0.1, -0.05) is 0 Å². The van der Waals surface area contributed by atoms with Crippen LogP contribution in [0.3, 0.4) is 0 Å². The van der Waals surface area contributed by atoms with Gasteiger partial charge >= 0.3 is 5.69 Å². The Labute approximate surface area is 116 Å². The first-order valence-corrected chi connectivity index (χ1v) is 6.89. The zero-order valence-electron chi connectivity index (χ0n) is 11.4. The van der Waals surface area contributed by atoms with Crippen molar-refractivity contribution in [3.8, 4) is 0 Å². The molecule has 0 bridgehead atoms. The van der Waals surface area contributed by atoms with Crippen LogP contribution >= 0.6 is 0 Å². The van der Waals surface area contributed by atoms with Crippen LogP contribution in [0.4, 0.5) is 0 Å². The summed E-state index contributed by atoms with van der Waals surface area (Å²) >= 11 is 0. The van der Waals surface area contributed by atoms with Crippen LogP contribution in [0.25, 0.3) is 0 Å². The molecule has 0 unspecified atom stereocenters. The fraction of sp³-hybridized carbons (Fsp3) is 0.615. The zero-order chi connectivity index (χ0) is 14.5. The van der Waals surface area contributed by atoms with Crippen molar-refractivity contribution in [1.82, 2.24) is 14.5 Å². The van der Waals surface area contributed by atoms with Gasteiger partial charge in [-0.15, -0.1) is 0 Å². The van der Waals surface area contributed by atoms with Crippen molar-refractivity contribution in [3.63, 3.8) is 0 Å². The molecule has 2 rings (SSSR count). The predicted octanol–water partition coefficient (Wildman–Crippen LogP) is -1.11. The van der Waals surface area contributed by atoms with E-state index in [2.05, 4.69) is 5.32 Å². The molecule has 0 aliphatic heterocycles. The van der Waals surface area contributed by atoms with E-state index in [9.17, 15) is 14.4 Å². The monoisotopic (exact) mass is 280 g/mol. The molecule has 3 N–H and O–H groups in total. The summed E-state index contributed by atoms with van der Waals surface area (Å²) in [6.07, 6.45) is 4.22. The average molecular weight is 280 g/mol. The third kappa shape index (κ3) is 3.80. The van der Waals surface area contributed by atoms with E-state index in [1.165, 1.54) is 16.8 Å². The standard InChI is InChI=1S/C13H20N4O3/c14-5-1-6-17-12(19)4-7-16(13(17)20)9-11(18)15-8-10-2-3-10/h4,7,10H,1-3,5-6,8-9,14H2,(H,15,18). The summed E-state index contributed by atoms with van der Waals surface area (Å²) in [6.45, 7) is 1.29. The summed E-state index contributed by atoms with van der Waals surface area (Å²) in [4.78, 5) is 35.4. The first kappa shape index (κ1) is 14.5. The summed E-state index contributed by atoms with van der Waals surface area (Å²) < 4.78 is 2.36. The fourth-order valence-electron chi connectivity index (χ4n) is 1.92. The summed E-state index contributed by atoms with van der Waals surface area (Å²) in [5, 5.41) is 2.79. The Morgan fingerprint density at radius 1 is 1.40 bits per heavy atom. The van der Waals surface area contributed by atoms with Crippen LogP contribution in [0.2, 0.25) is 0 Å². The molecule has 1 heterocycles. The third-order valence-electron chi connectivity index (χ3n) is 3.32. The van der Waals surface area contributed by atoms with Gasteiger partial charge in [-0.25, -0.2) is 4.79 Å². The number of aromatic nitrogens is 2. The van der Waals surface area contributed by atoms with Crippen LogP contribution in [-0.4, -0.2) is 28.1 Å². The largest absolute Gasteiger partial charge is 0.354 e. The summed E-state index contributed by atoms with van der Waals surface area (Å²) in [6, 6.07) is 1.30. The highest BCUT2D eigenvalue weighted by molar-refractivity contribution is 5.75. The van der Waals surface area contributed by atoms with Crippen LogP contribution in [-0.2, 0) is 17.9 Å². The molecule has 1 aliphatic carbocycles. The Bertz CT molecular complexity index is 586. The summed E-state index contributed by atoms with van der Waals surface area (Å²) in [5.41, 5.74) is 4.55. The molecule has 1 aliphatic rings. The second-order valence-electron chi connectivity index (χ2n) is 5.11. The minimum absolute atomic E-state index is 0.0611. The van der Waals surface area contributed by atoms with Gasteiger partial charge in [0.15, 0.2) is 0 Å². The maximum atomic E-state index is 12.1. The Morgan fingerprint density at radius 2 is 2.15 bits per heavy atom. The van der Waals surface area contributed by atoms with Gasteiger partial charge < -0.3 is 11.1 Å². The second kappa shape index (κ2) is 6.51. The number of nitrogens with one attached hydrogen (secondary N) is 1. The number of rotatable bonds is 7. The molecule has 0 saturated heterocycles. The number of amides is 1. The first-order chi connectivity index (χ1) is 9.61. The lowest BCUT2D eigenvalue weighted by Crippen LogP contribution is -2.42. The highest BCUT2D eigenvalue weighted by Gasteiger charge is 2.21. The van der Waals surface area contributed by atoms with E-state index in [4.69, 9.17) is 5.73 Å². The summed E-state index contributed by atoms with van der Waals surface area (Å²) in [7, 11) is 0. The second-order valence-corrected chi connectivity index (χ2v) is 5.11. The number of hydrogen-bond acceptors (Lipinski definition) is 4. The molecule has 0 atom stereocenters. The average Bonchev–Trinajstić information content (AvgIpc) is 3.24. The maximum absolute atomic E-state index is 12.1. The molecule has 20 heavy (non-hydrogen) atoms. The van der Waals surface area contributed by atoms with Gasteiger partial charge in [0.2, 0.25) is 5.91 Å². The van der Waals surface area contributed by atoms with Crippen molar-refractivity contribution in [1.29, 1.82) is 0 Å². The van der Waals surface area contributed by atoms with E-state index in [1.54, 1.807) is 0 Å². The van der Waals surface area contributed by atoms with Crippen molar-refractivity contribution in [3.05, 3.63) is 33.1 Å². The maximum Gasteiger partial charge on any atom is 0.331 e. The number of nitrogens with zero attached hydrogens (tertiary/aromatic N) is 2. The lowest BCUT2D eigenvalue weighted by molar-refractivity contribution is -0.121. The molecule has 1 saturated carbocycles. The third-order valence-corrected chi connectivity index (χ3v) is 3.32. The molecule has 1 fully saturated rings. The van der Waals surface area contributed by atoms with E-state index in [-0.39, 0.29) is 24.6 Å². The Kier molecular flexibility index (Phi) is 4.73. The van der Waals surface area contributed by atoms with Gasteiger partial charge in [-0.3, -0.25) is 18.7 Å². The van der Waals surface area contributed by atoms with Crippen LogP contribution in [0.1, 0.15) is 19.3 Å². The van der Waals surface area contributed by atoms with Crippen LogP contribution in [0.5, 0.6) is 0 Å². The molecule has 0 spiro atoms. The molecular weight excluding hydrogens is 260 g/mol. The number of carbonyl (C=O) groups is 1. The van der Waals surface area contributed by atoms with Gasteiger partial charge in [0.1, 0.15) is 6.54 Å². The molecule has 1 amide bonds. The molecule has 0 aromatic carbocycles. The first-order valence-electron chi connectivity index (χ1n) is 6.89. The van der Waals surface area contributed by atoms with Crippen molar-refractivity contribution >= 4 is 5.91 Å². The van der Waals surface area contributed by atoms with E-state index < -0.39 is 5.69 Å². The van der Waals surface area contributed by atoms with Gasteiger partial charge in [0.25, 0.3) is 5.56 Å². The van der Waals surface area contributed by atoms with Gasteiger partial charge in [-0.2, -0.15) is 0 Å². The van der Waals surface area contributed by atoms with Crippen molar-refractivity contribution in [2.45, 2.75) is 32.4 Å². The Morgan fingerprint density at radius 3 is 2.80 bits per heavy atom. The summed E-state index contributed by atoms with van der Waals surface area (Å²) in [5.74, 6) is 0.386. The van der Waals surface area contributed by atoms with E-state index in [0.717, 1.165) is 17.4 Å². The van der Waals surface area contributed by atoms with Crippen LogP contribution in [0.15, 0.2) is 21.9 Å². The smallest absolute Gasteiger partial charge is 0.331 e. The number of hydrogen-bond donors (Lipinski definition) is 2. The molecular formula is C13H20N4O3. The molecule has 1 aromatic rings. The lowest BCUT2D eigenvalue weighted by Gasteiger charge is -2.09. The zero-order valence-corrected chi connectivity index (χ0v) is 11.4. The molecule has 7 heteroatoms. The normalized spacial score (nSPS) is 14.2. The minimum Gasteiger partial charge on any atom is -0.354 e. The van der Waals surface area contributed by atoms with Crippen LogP contribution < -0.4 is 22.3 Å². The molecule has 1 aromatic heterocycles. The fourth-order valence-corrected chi connectivity index (χ4v) is 1.92. The molecule has 7 nitrogen and oxygen atoms in total.